The molecule has 0 aliphatic carbocycles. The second-order valence-electron chi connectivity index (χ2n) is 5.15. The van der Waals surface area contributed by atoms with Gasteiger partial charge in [0.1, 0.15) is 12.2 Å². The molecule has 1 amide bonds. The topological polar surface area (TPSA) is 103 Å². The average Bonchev–Trinajstić information content (AvgIpc) is 3.25. The number of hydrogen-bond acceptors (Lipinski definition) is 6. The number of aromatic nitrogens is 7. The van der Waals surface area contributed by atoms with Crippen LogP contribution in [0.4, 0.5) is 5.69 Å². The van der Waals surface area contributed by atoms with E-state index in [0.29, 0.717) is 16.9 Å². The maximum atomic E-state index is 12.5. The molecule has 0 bridgehead atoms. The van der Waals surface area contributed by atoms with Crippen molar-refractivity contribution >= 4 is 17.2 Å². The first-order valence-electron chi connectivity index (χ1n) is 7.17. The van der Waals surface area contributed by atoms with Gasteiger partial charge in [-0.05, 0) is 47.7 Å². The van der Waals surface area contributed by atoms with Gasteiger partial charge in [-0.25, -0.2) is 4.68 Å². The third-order valence-electron chi connectivity index (χ3n) is 3.55. The molecule has 0 aliphatic heterocycles. The monoisotopic (exact) mass is 320 g/mol. The first-order valence-corrected chi connectivity index (χ1v) is 7.17. The fourth-order valence-corrected chi connectivity index (χ4v) is 2.35. The van der Waals surface area contributed by atoms with E-state index >= 15 is 0 Å². The van der Waals surface area contributed by atoms with E-state index in [4.69, 9.17) is 0 Å². The van der Waals surface area contributed by atoms with Crippen LogP contribution in [0.5, 0.6) is 0 Å². The summed E-state index contributed by atoms with van der Waals surface area (Å²) < 4.78 is 3.29. The highest BCUT2D eigenvalue weighted by Crippen LogP contribution is 2.15. The van der Waals surface area contributed by atoms with Crippen molar-refractivity contribution in [1.82, 2.24) is 34.8 Å². The van der Waals surface area contributed by atoms with Gasteiger partial charge in [0.25, 0.3) is 5.91 Å². The van der Waals surface area contributed by atoms with Crippen molar-refractivity contribution in [3.8, 4) is 5.69 Å². The number of carbonyl (C=O) groups is 1. The van der Waals surface area contributed by atoms with E-state index < -0.39 is 0 Å². The predicted octanol–water partition coefficient (Wildman–Crippen LogP) is 1.27. The Morgan fingerprint density at radius 3 is 2.92 bits per heavy atom. The zero-order valence-corrected chi connectivity index (χ0v) is 12.7. The summed E-state index contributed by atoms with van der Waals surface area (Å²) in [7, 11) is 0. The van der Waals surface area contributed by atoms with E-state index in [1.165, 1.54) is 11.0 Å². The fraction of sp³-hybridized carbons (Fsp3) is 0.0667. The molecule has 0 spiro atoms. The highest BCUT2D eigenvalue weighted by molar-refractivity contribution is 6.04. The molecule has 4 aromatic rings. The molecule has 0 saturated carbocycles. The number of carbonyl (C=O) groups excluding carboxylic acids is 1. The van der Waals surface area contributed by atoms with Crippen molar-refractivity contribution in [3.63, 3.8) is 0 Å². The number of nitrogens with one attached hydrogen (secondary N) is 1. The van der Waals surface area contributed by atoms with Crippen molar-refractivity contribution in [2.24, 2.45) is 0 Å². The van der Waals surface area contributed by atoms with Crippen LogP contribution in [-0.4, -0.2) is 40.7 Å². The number of fused-ring (bicyclic) bond motifs is 1. The quantitative estimate of drug-likeness (QED) is 0.609. The highest BCUT2D eigenvalue weighted by Gasteiger charge is 2.10. The summed E-state index contributed by atoms with van der Waals surface area (Å²) >= 11 is 0. The molecule has 0 fully saturated rings. The standard InChI is InChI=1S/C15H12N8O/c1-10-18-19-14-6-5-11(8-22(10)14)15(24)17-12-3-2-4-13(7-12)23-9-16-20-21-23/h2-9H,1H3,(H,17,24). The summed E-state index contributed by atoms with van der Waals surface area (Å²) in [5.41, 5.74) is 2.61. The smallest absolute Gasteiger partial charge is 0.257 e. The Morgan fingerprint density at radius 1 is 1.17 bits per heavy atom. The van der Waals surface area contributed by atoms with Crippen LogP contribution in [0, 0.1) is 6.92 Å². The van der Waals surface area contributed by atoms with Crippen LogP contribution in [0.2, 0.25) is 0 Å². The number of aryl methyl sites for hydroxylation is 1. The minimum atomic E-state index is -0.223. The lowest BCUT2D eigenvalue weighted by Crippen LogP contribution is -2.13. The van der Waals surface area contributed by atoms with Gasteiger partial charge >= 0.3 is 0 Å². The lowest BCUT2D eigenvalue weighted by molar-refractivity contribution is 0.102. The minimum absolute atomic E-state index is 0.223. The summed E-state index contributed by atoms with van der Waals surface area (Å²) in [5, 5.41) is 21.9. The van der Waals surface area contributed by atoms with Crippen LogP contribution >= 0.6 is 0 Å². The van der Waals surface area contributed by atoms with Crippen LogP contribution in [0.3, 0.4) is 0 Å². The minimum Gasteiger partial charge on any atom is -0.322 e. The Bertz CT molecular complexity index is 1020. The first-order chi connectivity index (χ1) is 11.7. The van der Waals surface area contributed by atoms with Crippen molar-refractivity contribution in [2.75, 3.05) is 5.32 Å². The van der Waals surface area contributed by atoms with Gasteiger partial charge in [0.2, 0.25) is 0 Å². The molecular formula is C15H12N8O. The summed E-state index contributed by atoms with van der Waals surface area (Å²) in [6, 6.07) is 10.7. The van der Waals surface area contributed by atoms with Gasteiger partial charge in [0.05, 0.1) is 11.3 Å². The summed E-state index contributed by atoms with van der Waals surface area (Å²) in [5.74, 6) is 0.499. The normalized spacial score (nSPS) is 10.9. The van der Waals surface area contributed by atoms with Gasteiger partial charge in [0, 0.05) is 11.9 Å². The first kappa shape index (κ1) is 14.0. The molecule has 0 radical (unpaired) electrons. The number of hydrogen-bond donors (Lipinski definition) is 1. The van der Waals surface area contributed by atoms with E-state index in [0.717, 1.165) is 11.5 Å². The molecule has 4 rings (SSSR count). The third-order valence-corrected chi connectivity index (χ3v) is 3.55. The molecule has 0 aliphatic rings. The van der Waals surface area contributed by atoms with Crippen LogP contribution in [-0.2, 0) is 0 Å². The van der Waals surface area contributed by atoms with Crippen LogP contribution in [0.1, 0.15) is 16.2 Å². The summed E-state index contributed by atoms with van der Waals surface area (Å²) in [6.45, 7) is 1.83. The molecule has 9 heteroatoms. The molecule has 118 valence electrons. The number of benzene rings is 1. The van der Waals surface area contributed by atoms with Crippen LogP contribution in [0.15, 0.2) is 48.9 Å². The van der Waals surface area contributed by atoms with Gasteiger partial charge in [0.15, 0.2) is 5.65 Å². The van der Waals surface area contributed by atoms with Crippen molar-refractivity contribution < 1.29 is 4.79 Å². The Balaban J connectivity index is 1.61. The van der Waals surface area contributed by atoms with Gasteiger partial charge in [-0.2, -0.15) is 0 Å². The molecule has 9 nitrogen and oxygen atoms in total. The number of anilines is 1. The van der Waals surface area contributed by atoms with Gasteiger partial charge in [-0.3, -0.25) is 9.20 Å². The molecule has 3 aromatic heterocycles. The van der Waals surface area contributed by atoms with E-state index in [2.05, 4.69) is 31.0 Å². The van der Waals surface area contributed by atoms with Gasteiger partial charge in [-0.15, -0.1) is 15.3 Å². The Hall–Kier alpha value is -3.62. The molecule has 1 aromatic carbocycles. The summed E-state index contributed by atoms with van der Waals surface area (Å²) in [6.07, 6.45) is 3.20. The lowest BCUT2D eigenvalue weighted by Gasteiger charge is -2.07. The lowest BCUT2D eigenvalue weighted by atomic mass is 10.2. The second kappa shape index (κ2) is 5.54. The number of nitrogens with zero attached hydrogens (tertiary/aromatic N) is 7. The molecule has 0 unspecified atom stereocenters. The van der Waals surface area contributed by atoms with Crippen molar-refractivity contribution in [2.45, 2.75) is 6.92 Å². The SMILES string of the molecule is Cc1nnc2ccc(C(=O)Nc3cccc(-n4cnnn4)c3)cn12. The zero-order valence-electron chi connectivity index (χ0n) is 12.7. The third kappa shape index (κ3) is 2.47. The van der Waals surface area contributed by atoms with E-state index in [9.17, 15) is 4.79 Å². The van der Waals surface area contributed by atoms with Gasteiger partial charge < -0.3 is 5.32 Å². The number of tetrazole rings is 1. The molecule has 0 saturated heterocycles. The van der Waals surface area contributed by atoms with E-state index in [1.54, 1.807) is 34.9 Å². The molecule has 3 heterocycles. The second-order valence-corrected chi connectivity index (χ2v) is 5.15. The van der Waals surface area contributed by atoms with Crippen molar-refractivity contribution in [1.29, 1.82) is 0 Å². The fourth-order valence-electron chi connectivity index (χ4n) is 2.35. The average molecular weight is 320 g/mol. The summed E-state index contributed by atoms with van der Waals surface area (Å²) in [4.78, 5) is 12.5. The van der Waals surface area contributed by atoms with E-state index in [1.807, 2.05) is 19.1 Å². The number of amides is 1. The van der Waals surface area contributed by atoms with Crippen molar-refractivity contribution in [3.05, 3.63) is 60.3 Å². The van der Waals surface area contributed by atoms with Gasteiger partial charge in [-0.1, -0.05) is 6.07 Å². The van der Waals surface area contributed by atoms with Crippen LogP contribution < -0.4 is 5.32 Å². The molecule has 0 atom stereocenters. The Labute approximate surface area is 135 Å². The van der Waals surface area contributed by atoms with Crippen LogP contribution in [0.25, 0.3) is 11.3 Å². The maximum Gasteiger partial charge on any atom is 0.257 e. The number of pyridine rings is 1. The Morgan fingerprint density at radius 2 is 2.08 bits per heavy atom. The largest absolute Gasteiger partial charge is 0.322 e. The van der Waals surface area contributed by atoms with E-state index in [-0.39, 0.29) is 5.91 Å². The zero-order chi connectivity index (χ0) is 16.5. The highest BCUT2D eigenvalue weighted by atomic mass is 16.1. The number of rotatable bonds is 3. The molecule has 24 heavy (non-hydrogen) atoms. The Kier molecular flexibility index (Phi) is 3.23. The maximum absolute atomic E-state index is 12.5. The molecule has 1 N–H and O–H groups in total. The molecular weight excluding hydrogens is 308 g/mol. The predicted molar refractivity (Wildman–Crippen MR) is 84.8 cm³/mol.